The number of hydrogen-bond acceptors (Lipinski definition) is 10. The van der Waals surface area contributed by atoms with Gasteiger partial charge in [-0.3, -0.25) is 4.79 Å². The zero-order valence-corrected chi connectivity index (χ0v) is 19.9. The predicted molar refractivity (Wildman–Crippen MR) is 129 cm³/mol. The molecule has 0 saturated carbocycles. The average Bonchev–Trinajstić information content (AvgIpc) is 3.41. The Morgan fingerprint density at radius 1 is 1.24 bits per heavy atom. The first-order valence-electron chi connectivity index (χ1n) is 10.6. The maximum Gasteiger partial charge on any atom is 0.241 e. The highest BCUT2D eigenvalue weighted by Gasteiger charge is 2.16. The molecule has 0 bridgehead atoms. The van der Waals surface area contributed by atoms with Crippen molar-refractivity contribution in [2.75, 3.05) is 44.5 Å². The van der Waals surface area contributed by atoms with Crippen LogP contribution < -0.4 is 10.6 Å². The molecule has 0 spiro atoms. The van der Waals surface area contributed by atoms with Gasteiger partial charge in [0, 0.05) is 38.2 Å². The summed E-state index contributed by atoms with van der Waals surface area (Å²) < 4.78 is 8.23. The molecular formula is C21H24N8O2S2. The third-order valence-corrected chi connectivity index (χ3v) is 7.17. The third kappa shape index (κ3) is 5.02. The van der Waals surface area contributed by atoms with Crippen molar-refractivity contribution >= 4 is 55.8 Å². The predicted octanol–water partition coefficient (Wildman–Crippen LogP) is 2.98. The summed E-state index contributed by atoms with van der Waals surface area (Å²) in [4.78, 5) is 18.9. The van der Waals surface area contributed by atoms with Gasteiger partial charge in [-0.05, 0) is 54.9 Å². The topological polar surface area (TPSA) is 110 Å². The molecule has 1 aromatic carbocycles. The van der Waals surface area contributed by atoms with Gasteiger partial charge in [0.2, 0.25) is 11.1 Å². The fourth-order valence-corrected chi connectivity index (χ4v) is 5.22. The molecule has 12 heteroatoms. The highest BCUT2D eigenvalue weighted by molar-refractivity contribution is 7.99. The Balaban J connectivity index is 1.32. The van der Waals surface area contributed by atoms with Crippen LogP contribution in [0, 0.1) is 0 Å². The van der Waals surface area contributed by atoms with Crippen molar-refractivity contribution in [3.63, 3.8) is 0 Å². The van der Waals surface area contributed by atoms with Gasteiger partial charge in [0.1, 0.15) is 5.82 Å². The number of carbonyl (C=O) groups is 1. The summed E-state index contributed by atoms with van der Waals surface area (Å²) >= 11 is 3.02. The van der Waals surface area contributed by atoms with Gasteiger partial charge in [-0.1, -0.05) is 11.3 Å². The SMILES string of the molecule is CN(C)C(=O)CNc1nc2ccc(Sc3nnc4ccc(NC5CCOCC5)nn34)cc2s1. The third-order valence-electron chi connectivity index (χ3n) is 5.27. The number of benzene rings is 1. The van der Waals surface area contributed by atoms with Crippen molar-refractivity contribution < 1.29 is 9.53 Å². The van der Waals surface area contributed by atoms with Gasteiger partial charge in [-0.25, -0.2) is 4.98 Å². The number of nitrogens with one attached hydrogen (secondary N) is 2. The number of carbonyl (C=O) groups excluding carboxylic acids is 1. The van der Waals surface area contributed by atoms with Crippen molar-refractivity contribution in [1.29, 1.82) is 0 Å². The highest BCUT2D eigenvalue weighted by atomic mass is 32.2. The molecule has 2 N–H and O–H groups in total. The molecule has 0 aliphatic carbocycles. The van der Waals surface area contributed by atoms with E-state index < -0.39 is 0 Å². The minimum Gasteiger partial charge on any atom is -0.381 e. The molecule has 3 aromatic heterocycles. The summed E-state index contributed by atoms with van der Waals surface area (Å²) in [5.41, 5.74) is 1.59. The fourth-order valence-electron chi connectivity index (χ4n) is 3.42. The van der Waals surface area contributed by atoms with Gasteiger partial charge in [-0.15, -0.1) is 15.3 Å². The van der Waals surface area contributed by atoms with E-state index in [1.807, 2.05) is 24.3 Å². The van der Waals surface area contributed by atoms with E-state index >= 15 is 0 Å². The van der Waals surface area contributed by atoms with E-state index in [9.17, 15) is 4.79 Å². The van der Waals surface area contributed by atoms with E-state index in [1.54, 1.807) is 23.5 Å². The van der Waals surface area contributed by atoms with Crippen molar-refractivity contribution in [2.45, 2.75) is 28.9 Å². The van der Waals surface area contributed by atoms with Crippen molar-refractivity contribution in [3.8, 4) is 0 Å². The van der Waals surface area contributed by atoms with E-state index in [4.69, 9.17) is 9.84 Å². The number of ether oxygens (including phenoxy) is 1. The summed E-state index contributed by atoms with van der Waals surface area (Å²) in [6.45, 7) is 1.77. The van der Waals surface area contributed by atoms with Crippen LogP contribution in [-0.2, 0) is 9.53 Å². The molecular weight excluding hydrogens is 460 g/mol. The number of fused-ring (bicyclic) bond motifs is 2. The lowest BCUT2D eigenvalue weighted by Crippen LogP contribution is -2.28. The Bertz CT molecular complexity index is 1280. The molecule has 4 aromatic rings. The minimum absolute atomic E-state index is 0.00219. The summed E-state index contributed by atoms with van der Waals surface area (Å²) in [5.74, 6) is 0.805. The Morgan fingerprint density at radius 3 is 2.91 bits per heavy atom. The first-order chi connectivity index (χ1) is 16.0. The van der Waals surface area contributed by atoms with E-state index in [1.165, 1.54) is 23.1 Å². The van der Waals surface area contributed by atoms with Crippen molar-refractivity contribution in [1.82, 2.24) is 29.7 Å². The Morgan fingerprint density at radius 2 is 2.09 bits per heavy atom. The second-order valence-corrected chi connectivity index (χ2v) is 9.97. The van der Waals surface area contributed by atoms with Gasteiger partial charge in [0.15, 0.2) is 10.8 Å². The maximum absolute atomic E-state index is 11.8. The number of rotatable bonds is 7. The number of nitrogens with zero attached hydrogens (tertiary/aromatic N) is 6. The molecule has 10 nitrogen and oxygen atoms in total. The van der Waals surface area contributed by atoms with Gasteiger partial charge >= 0.3 is 0 Å². The first kappa shape index (κ1) is 21.9. The zero-order chi connectivity index (χ0) is 22.8. The van der Waals surface area contributed by atoms with E-state index in [2.05, 4.69) is 31.9 Å². The fraction of sp³-hybridized carbons (Fsp3) is 0.381. The second-order valence-electron chi connectivity index (χ2n) is 7.89. The maximum atomic E-state index is 11.8. The first-order valence-corrected chi connectivity index (χ1v) is 12.3. The van der Waals surface area contributed by atoms with Crippen molar-refractivity contribution in [3.05, 3.63) is 30.3 Å². The molecule has 1 fully saturated rings. The Labute approximate surface area is 198 Å². The zero-order valence-electron chi connectivity index (χ0n) is 18.3. The number of anilines is 2. The number of likely N-dealkylation sites (N-methyl/N-ethyl adjacent to an activating group) is 1. The van der Waals surface area contributed by atoms with Crippen LogP contribution in [0.25, 0.3) is 15.9 Å². The molecule has 0 unspecified atom stereocenters. The van der Waals surface area contributed by atoms with E-state index in [-0.39, 0.29) is 12.5 Å². The Hall–Kier alpha value is -2.96. The molecule has 172 valence electrons. The summed E-state index contributed by atoms with van der Waals surface area (Å²) in [5, 5.41) is 21.3. The Kier molecular flexibility index (Phi) is 6.29. The van der Waals surface area contributed by atoms with Crippen LogP contribution in [-0.4, -0.2) is 75.5 Å². The smallest absolute Gasteiger partial charge is 0.241 e. The molecule has 0 radical (unpaired) electrons. The largest absolute Gasteiger partial charge is 0.381 e. The van der Waals surface area contributed by atoms with Crippen LogP contribution in [0.15, 0.2) is 40.4 Å². The van der Waals surface area contributed by atoms with Crippen LogP contribution in [0.4, 0.5) is 10.9 Å². The monoisotopic (exact) mass is 484 g/mol. The van der Waals surface area contributed by atoms with Gasteiger partial charge < -0.3 is 20.3 Å². The van der Waals surface area contributed by atoms with E-state index in [0.29, 0.717) is 16.8 Å². The summed E-state index contributed by atoms with van der Waals surface area (Å²) in [7, 11) is 3.47. The molecule has 1 aliphatic rings. The lowest BCUT2D eigenvalue weighted by Gasteiger charge is -2.23. The van der Waals surface area contributed by atoms with Crippen molar-refractivity contribution in [2.24, 2.45) is 0 Å². The van der Waals surface area contributed by atoms with Crippen LogP contribution >= 0.6 is 23.1 Å². The molecule has 1 saturated heterocycles. The normalized spacial score (nSPS) is 14.6. The molecule has 1 aliphatic heterocycles. The average molecular weight is 485 g/mol. The number of aromatic nitrogens is 5. The highest BCUT2D eigenvalue weighted by Crippen LogP contribution is 2.33. The number of thiazole rings is 1. The summed E-state index contributed by atoms with van der Waals surface area (Å²) in [6, 6.07) is 10.3. The molecule has 4 heterocycles. The lowest BCUT2D eigenvalue weighted by atomic mass is 10.1. The van der Waals surface area contributed by atoms with Crippen LogP contribution in [0.5, 0.6) is 0 Å². The molecule has 5 rings (SSSR count). The standard InChI is InChI=1S/C21H24N8O2S2/c1-28(2)19(30)12-22-20-24-15-4-3-14(11-16(15)33-20)32-21-26-25-18-6-5-17(27-29(18)21)23-13-7-9-31-10-8-13/h3-6,11,13H,7-10,12H2,1-2H3,(H,22,24)(H,23,27). The second kappa shape index (κ2) is 9.49. The van der Waals surface area contributed by atoms with Crippen LogP contribution in [0.1, 0.15) is 12.8 Å². The van der Waals surface area contributed by atoms with Gasteiger partial charge in [0.25, 0.3) is 0 Å². The lowest BCUT2D eigenvalue weighted by molar-refractivity contribution is -0.126. The van der Waals surface area contributed by atoms with E-state index in [0.717, 1.165) is 52.1 Å². The number of hydrogen-bond donors (Lipinski definition) is 2. The van der Waals surface area contributed by atoms with Crippen LogP contribution in [0.3, 0.4) is 0 Å². The summed E-state index contributed by atoms with van der Waals surface area (Å²) in [6.07, 6.45) is 1.94. The van der Waals surface area contributed by atoms with Gasteiger partial charge in [0.05, 0.1) is 16.8 Å². The van der Waals surface area contributed by atoms with Gasteiger partial charge in [-0.2, -0.15) is 4.52 Å². The molecule has 0 atom stereocenters. The van der Waals surface area contributed by atoms with Crippen LogP contribution in [0.2, 0.25) is 0 Å². The minimum atomic E-state index is 0.00219. The molecule has 33 heavy (non-hydrogen) atoms. The molecule has 1 amide bonds. The number of amides is 1. The quantitative estimate of drug-likeness (QED) is 0.409.